The molecule has 1 atom stereocenters. The zero-order chi connectivity index (χ0) is 33.9. The summed E-state index contributed by atoms with van der Waals surface area (Å²) in [6.45, 7) is 1.77. The summed E-state index contributed by atoms with van der Waals surface area (Å²) in [5.74, 6) is -0.266. The van der Waals surface area contributed by atoms with Crippen molar-refractivity contribution in [3.05, 3.63) is 125 Å². The lowest BCUT2D eigenvalue weighted by molar-refractivity contribution is -0.140. The van der Waals surface area contributed by atoms with E-state index in [1.54, 1.807) is 54.6 Å². The third-order valence-electron chi connectivity index (χ3n) is 8.57. The molecule has 1 aliphatic carbocycles. The predicted octanol–water partition coefficient (Wildman–Crippen LogP) is 7.02. The minimum Gasteiger partial charge on any atom is -0.494 e. The molecular weight excluding hydrogens is 646 g/mol. The summed E-state index contributed by atoms with van der Waals surface area (Å²) in [7, 11) is -4.22. The Labute approximate surface area is 288 Å². The molecule has 1 aliphatic rings. The van der Waals surface area contributed by atoms with E-state index in [4.69, 9.17) is 16.3 Å². The van der Waals surface area contributed by atoms with E-state index in [0.29, 0.717) is 28.6 Å². The number of hydrogen-bond donors (Lipinski definition) is 1. The van der Waals surface area contributed by atoms with Gasteiger partial charge in [0, 0.05) is 24.0 Å². The molecule has 0 aliphatic heterocycles. The van der Waals surface area contributed by atoms with Gasteiger partial charge in [0.15, 0.2) is 0 Å². The summed E-state index contributed by atoms with van der Waals surface area (Å²) in [6, 6.07) is 30.4. The first kappa shape index (κ1) is 35.0. The van der Waals surface area contributed by atoms with Crippen LogP contribution in [-0.4, -0.2) is 50.4 Å². The van der Waals surface area contributed by atoms with Crippen molar-refractivity contribution in [3.63, 3.8) is 0 Å². The molecule has 0 saturated heterocycles. The number of nitrogens with zero attached hydrogens (tertiary/aromatic N) is 2. The Morgan fingerprint density at radius 1 is 0.854 bits per heavy atom. The van der Waals surface area contributed by atoms with E-state index in [1.807, 2.05) is 49.4 Å². The average molecular weight is 688 g/mol. The van der Waals surface area contributed by atoms with Crippen molar-refractivity contribution in [2.45, 2.75) is 69.0 Å². The fourth-order valence-electron chi connectivity index (χ4n) is 6.03. The summed E-state index contributed by atoms with van der Waals surface area (Å²) in [5, 5.41) is 3.67. The van der Waals surface area contributed by atoms with Gasteiger partial charge in [0.2, 0.25) is 11.8 Å². The molecule has 5 rings (SSSR count). The molecule has 252 valence electrons. The van der Waals surface area contributed by atoms with Crippen molar-refractivity contribution in [2.75, 3.05) is 17.5 Å². The van der Waals surface area contributed by atoms with E-state index >= 15 is 0 Å². The quantitative estimate of drug-likeness (QED) is 0.154. The lowest BCUT2D eigenvalue weighted by Gasteiger charge is -2.35. The van der Waals surface area contributed by atoms with Gasteiger partial charge in [-0.3, -0.25) is 13.9 Å². The van der Waals surface area contributed by atoms with Crippen LogP contribution in [0.3, 0.4) is 0 Å². The smallest absolute Gasteiger partial charge is 0.264 e. The number of benzene rings is 4. The molecule has 4 aromatic carbocycles. The Morgan fingerprint density at radius 2 is 1.48 bits per heavy atom. The standard InChI is InChI=1S/C38H42ClN3O5S/c1-2-47-33-22-24-34(25-23-33)48(45,46)42(32-19-10-5-11-20-32)28-37(43)41(27-30-16-12-13-21-35(30)39)36(26-29-14-6-3-7-15-29)38(44)40-31-17-8-4-9-18-31/h3,5-7,10-16,19-25,31,36H,2,4,8-9,17-18,26-28H2,1H3,(H,40,44)/t36-/m0/s1. The van der Waals surface area contributed by atoms with E-state index in [1.165, 1.54) is 17.0 Å². The SMILES string of the molecule is CCOc1ccc(S(=O)(=O)N(CC(=O)N(Cc2ccccc2Cl)[C@@H](Cc2ccccc2)C(=O)NC2CCCCC2)c2ccccc2)cc1. The first-order chi connectivity index (χ1) is 23.3. The van der Waals surface area contributed by atoms with Crippen LogP contribution in [0.4, 0.5) is 5.69 Å². The normalized spacial score (nSPS) is 14.1. The molecule has 0 aromatic heterocycles. The second-order valence-electron chi connectivity index (χ2n) is 11.9. The summed E-state index contributed by atoms with van der Waals surface area (Å²) >= 11 is 6.61. The summed E-state index contributed by atoms with van der Waals surface area (Å²) in [6.07, 6.45) is 5.20. The molecule has 2 amide bonds. The number of hydrogen-bond acceptors (Lipinski definition) is 5. The van der Waals surface area contributed by atoms with Gasteiger partial charge in [-0.1, -0.05) is 97.6 Å². The molecular formula is C38H42ClN3O5S. The third kappa shape index (κ3) is 8.96. The van der Waals surface area contributed by atoms with Gasteiger partial charge in [-0.15, -0.1) is 0 Å². The van der Waals surface area contributed by atoms with Crippen LogP contribution in [0.5, 0.6) is 5.75 Å². The van der Waals surface area contributed by atoms with E-state index in [2.05, 4.69) is 5.32 Å². The number of sulfonamides is 1. The van der Waals surface area contributed by atoms with Crippen LogP contribution in [0.15, 0.2) is 114 Å². The first-order valence-corrected chi connectivity index (χ1v) is 18.3. The number of nitrogens with one attached hydrogen (secondary N) is 1. The average Bonchev–Trinajstić information content (AvgIpc) is 3.11. The highest BCUT2D eigenvalue weighted by molar-refractivity contribution is 7.92. The molecule has 48 heavy (non-hydrogen) atoms. The van der Waals surface area contributed by atoms with Crippen LogP contribution in [0.2, 0.25) is 5.02 Å². The summed E-state index contributed by atoms with van der Waals surface area (Å²) < 4.78 is 35.1. The van der Waals surface area contributed by atoms with Gasteiger partial charge < -0.3 is 15.0 Å². The van der Waals surface area contributed by atoms with E-state index in [0.717, 1.165) is 42.0 Å². The maximum absolute atomic E-state index is 14.7. The minimum absolute atomic E-state index is 0.0103. The Bertz CT molecular complexity index is 1750. The third-order valence-corrected chi connectivity index (χ3v) is 10.7. The maximum atomic E-state index is 14.7. The van der Waals surface area contributed by atoms with Crippen LogP contribution in [0, 0.1) is 0 Å². The molecule has 0 bridgehead atoms. The minimum atomic E-state index is -4.22. The summed E-state index contributed by atoms with van der Waals surface area (Å²) in [5.41, 5.74) is 1.85. The number of para-hydroxylation sites is 1. The van der Waals surface area contributed by atoms with Gasteiger partial charge in [-0.2, -0.15) is 0 Å². The Kier molecular flexibility index (Phi) is 12.1. The van der Waals surface area contributed by atoms with Crippen LogP contribution in [0.25, 0.3) is 0 Å². The van der Waals surface area contributed by atoms with E-state index in [9.17, 15) is 18.0 Å². The second-order valence-corrected chi connectivity index (χ2v) is 14.2. The monoisotopic (exact) mass is 687 g/mol. The maximum Gasteiger partial charge on any atom is 0.264 e. The second kappa shape index (κ2) is 16.7. The lowest BCUT2D eigenvalue weighted by atomic mass is 9.94. The Morgan fingerprint density at radius 3 is 2.12 bits per heavy atom. The number of amides is 2. The zero-order valence-electron chi connectivity index (χ0n) is 27.1. The highest BCUT2D eigenvalue weighted by Crippen LogP contribution is 2.27. The van der Waals surface area contributed by atoms with Crippen molar-refractivity contribution in [2.24, 2.45) is 0 Å². The molecule has 1 saturated carbocycles. The number of ether oxygens (including phenoxy) is 1. The lowest BCUT2D eigenvalue weighted by Crippen LogP contribution is -2.55. The van der Waals surface area contributed by atoms with Gasteiger partial charge in [0.1, 0.15) is 18.3 Å². The van der Waals surface area contributed by atoms with Crippen LogP contribution >= 0.6 is 11.6 Å². The highest BCUT2D eigenvalue weighted by atomic mass is 35.5. The first-order valence-electron chi connectivity index (χ1n) is 16.4. The number of rotatable bonds is 14. The van der Waals surface area contributed by atoms with Crippen LogP contribution in [0.1, 0.15) is 50.2 Å². The molecule has 1 N–H and O–H groups in total. The number of anilines is 1. The van der Waals surface area contributed by atoms with Gasteiger partial charge in [-0.05, 0) is 73.4 Å². The van der Waals surface area contributed by atoms with E-state index < -0.39 is 28.5 Å². The molecule has 8 nitrogen and oxygen atoms in total. The van der Waals surface area contributed by atoms with Crippen molar-refractivity contribution in [3.8, 4) is 5.75 Å². The number of halogens is 1. The van der Waals surface area contributed by atoms with Gasteiger partial charge >= 0.3 is 0 Å². The molecule has 10 heteroatoms. The van der Waals surface area contributed by atoms with Crippen molar-refractivity contribution in [1.82, 2.24) is 10.2 Å². The van der Waals surface area contributed by atoms with Gasteiger partial charge in [-0.25, -0.2) is 8.42 Å². The fraction of sp³-hybridized carbons (Fsp3) is 0.316. The van der Waals surface area contributed by atoms with Crippen LogP contribution < -0.4 is 14.4 Å². The molecule has 4 aromatic rings. The molecule has 0 unspecified atom stereocenters. The largest absolute Gasteiger partial charge is 0.494 e. The highest BCUT2D eigenvalue weighted by Gasteiger charge is 2.35. The Balaban J connectivity index is 1.54. The zero-order valence-corrected chi connectivity index (χ0v) is 28.7. The Hall–Kier alpha value is -4.34. The number of carbonyl (C=O) groups is 2. The van der Waals surface area contributed by atoms with E-state index in [-0.39, 0.29) is 29.8 Å². The van der Waals surface area contributed by atoms with Crippen LogP contribution in [-0.2, 0) is 32.6 Å². The molecule has 0 heterocycles. The molecule has 0 spiro atoms. The van der Waals surface area contributed by atoms with Crippen molar-refractivity contribution >= 4 is 39.1 Å². The fourth-order valence-corrected chi connectivity index (χ4v) is 7.64. The molecule has 0 radical (unpaired) electrons. The van der Waals surface area contributed by atoms with Gasteiger partial charge in [0.05, 0.1) is 17.2 Å². The summed E-state index contributed by atoms with van der Waals surface area (Å²) in [4.78, 5) is 30.4. The van der Waals surface area contributed by atoms with Crippen molar-refractivity contribution < 1.29 is 22.7 Å². The predicted molar refractivity (Wildman–Crippen MR) is 190 cm³/mol. The number of carbonyl (C=O) groups excluding carboxylic acids is 2. The van der Waals surface area contributed by atoms with Gasteiger partial charge in [0.25, 0.3) is 10.0 Å². The molecule has 1 fully saturated rings. The van der Waals surface area contributed by atoms with Crippen molar-refractivity contribution in [1.29, 1.82) is 0 Å². The topological polar surface area (TPSA) is 96.0 Å².